The molecule has 1 fully saturated rings. The largest absolute Gasteiger partial charge is 0.378 e. The maximum atomic E-state index is 13.2. The molecule has 1 N–H and O–H groups in total. The van der Waals surface area contributed by atoms with Crippen LogP contribution in [0.25, 0.3) is 0 Å². The van der Waals surface area contributed by atoms with Crippen LogP contribution in [-0.4, -0.2) is 64.1 Å². The van der Waals surface area contributed by atoms with Crippen molar-refractivity contribution in [3.8, 4) is 0 Å². The van der Waals surface area contributed by atoms with E-state index in [1.165, 1.54) is 10.4 Å². The first kappa shape index (κ1) is 25.6. The van der Waals surface area contributed by atoms with E-state index in [-0.39, 0.29) is 16.8 Å². The van der Waals surface area contributed by atoms with E-state index in [9.17, 15) is 13.2 Å². The van der Waals surface area contributed by atoms with Crippen LogP contribution < -0.4 is 10.2 Å². The van der Waals surface area contributed by atoms with Gasteiger partial charge >= 0.3 is 0 Å². The maximum Gasteiger partial charge on any atom is 0.253 e. The summed E-state index contributed by atoms with van der Waals surface area (Å²) >= 11 is 0. The Bertz CT molecular complexity index is 816. The molecule has 0 aliphatic carbocycles. The number of amides is 1. The molecule has 1 aromatic carbocycles. The Balaban J connectivity index is 2.32. The van der Waals surface area contributed by atoms with Crippen molar-refractivity contribution in [1.82, 2.24) is 9.62 Å². The highest BCUT2D eigenvalue weighted by Gasteiger charge is 2.26. The second kappa shape index (κ2) is 11.8. The lowest BCUT2D eigenvalue weighted by Gasteiger charge is -2.31. The topological polar surface area (TPSA) is 79.0 Å². The molecule has 1 unspecified atom stereocenters. The number of nitrogens with zero attached hydrogens (tertiary/aromatic N) is 2. The normalized spacial score (nSPS) is 16.0. The third-order valence-electron chi connectivity index (χ3n) is 5.70. The van der Waals surface area contributed by atoms with Crippen LogP contribution >= 0.6 is 0 Å². The molecule has 0 radical (unpaired) electrons. The Labute approximate surface area is 188 Å². The molecule has 1 heterocycles. The maximum absolute atomic E-state index is 13.2. The third kappa shape index (κ3) is 6.92. The van der Waals surface area contributed by atoms with Gasteiger partial charge in [-0.05, 0) is 37.5 Å². The number of benzene rings is 1. The van der Waals surface area contributed by atoms with Gasteiger partial charge in [0.05, 0.1) is 23.7 Å². The van der Waals surface area contributed by atoms with Crippen LogP contribution in [-0.2, 0) is 14.8 Å². The van der Waals surface area contributed by atoms with E-state index in [0.717, 1.165) is 24.9 Å². The fraction of sp³-hybridized carbons (Fsp3) is 0.696. The summed E-state index contributed by atoms with van der Waals surface area (Å²) < 4.78 is 32.9. The summed E-state index contributed by atoms with van der Waals surface area (Å²) in [6.45, 7) is 13.3. The summed E-state index contributed by atoms with van der Waals surface area (Å²) in [5.74, 6) is 0.410. The van der Waals surface area contributed by atoms with Gasteiger partial charge in [0, 0.05) is 37.9 Å². The van der Waals surface area contributed by atoms with Crippen LogP contribution in [0.5, 0.6) is 0 Å². The highest BCUT2D eigenvalue weighted by atomic mass is 32.2. The smallest absolute Gasteiger partial charge is 0.253 e. The number of hydrogen-bond donors (Lipinski definition) is 1. The third-order valence-corrected chi connectivity index (χ3v) is 7.75. The lowest BCUT2D eigenvalue weighted by molar-refractivity contribution is 0.0936. The molecule has 0 spiro atoms. The Morgan fingerprint density at radius 3 is 2.35 bits per heavy atom. The molecule has 1 saturated heterocycles. The van der Waals surface area contributed by atoms with Crippen LogP contribution in [0.2, 0.25) is 0 Å². The quantitative estimate of drug-likeness (QED) is 0.555. The number of hydrogen-bond acceptors (Lipinski definition) is 5. The molecule has 1 aliphatic heterocycles. The van der Waals surface area contributed by atoms with Gasteiger partial charge in [0.15, 0.2) is 0 Å². The molecule has 0 aromatic heterocycles. The first-order valence-electron chi connectivity index (χ1n) is 11.5. The average molecular weight is 454 g/mol. The van der Waals surface area contributed by atoms with Crippen LogP contribution in [0.4, 0.5) is 5.69 Å². The standard InChI is InChI=1S/C23H39N3O4S/c1-6-26(7-2)31(28,29)20-11-12-22(25-13-15-30-16-14-25)21(17-20)23(27)24-19(5)10-8-9-18(3)4/h11-12,17-19H,6-10,13-16H2,1-5H3,(H,24,27). The fourth-order valence-electron chi connectivity index (χ4n) is 3.86. The fourth-order valence-corrected chi connectivity index (χ4v) is 5.34. The van der Waals surface area contributed by atoms with Crippen molar-refractivity contribution in [3.63, 3.8) is 0 Å². The number of ether oxygens (including phenoxy) is 1. The van der Waals surface area contributed by atoms with Gasteiger partial charge in [-0.15, -0.1) is 0 Å². The van der Waals surface area contributed by atoms with Gasteiger partial charge in [-0.2, -0.15) is 4.31 Å². The molecule has 8 heteroatoms. The van der Waals surface area contributed by atoms with E-state index >= 15 is 0 Å². The van der Waals surface area contributed by atoms with Gasteiger partial charge in [0.2, 0.25) is 10.0 Å². The van der Waals surface area contributed by atoms with Crippen molar-refractivity contribution >= 4 is 21.6 Å². The van der Waals surface area contributed by atoms with Crippen LogP contribution in [0, 0.1) is 5.92 Å². The molecule has 7 nitrogen and oxygen atoms in total. The minimum Gasteiger partial charge on any atom is -0.378 e. The molecule has 176 valence electrons. The first-order chi connectivity index (χ1) is 14.7. The zero-order valence-electron chi connectivity index (χ0n) is 19.7. The number of carbonyl (C=O) groups is 1. The molecule has 1 amide bonds. The molecule has 1 aliphatic rings. The van der Waals surface area contributed by atoms with Gasteiger partial charge in [-0.25, -0.2) is 8.42 Å². The molecular formula is C23H39N3O4S. The van der Waals surface area contributed by atoms with E-state index in [2.05, 4.69) is 24.1 Å². The molecule has 0 saturated carbocycles. The number of rotatable bonds is 11. The molecule has 1 atom stereocenters. The molecular weight excluding hydrogens is 414 g/mol. The minimum atomic E-state index is -3.65. The zero-order chi connectivity index (χ0) is 23.0. The van der Waals surface area contributed by atoms with Crippen molar-refractivity contribution < 1.29 is 17.9 Å². The number of anilines is 1. The van der Waals surface area contributed by atoms with Crippen molar-refractivity contribution in [2.24, 2.45) is 5.92 Å². The van der Waals surface area contributed by atoms with Gasteiger partial charge in [-0.1, -0.05) is 40.5 Å². The van der Waals surface area contributed by atoms with Crippen LogP contribution in [0.1, 0.15) is 64.2 Å². The van der Waals surface area contributed by atoms with Crippen molar-refractivity contribution in [3.05, 3.63) is 23.8 Å². The second-order valence-electron chi connectivity index (χ2n) is 8.57. The summed E-state index contributed by atoms with van der Waals surface area (Å²) in [4.78, 5) is 15.5. The molecule has 1 aromatic rings. The lowest BCUT2D eigenvalue weighted by atomic mass is 10.0. The first-order valence-corrected chi connectivity index (χ1v) is 12.9. The number of carbonyl (C=O) groups excluding carboxylic acids is 1. The Morgan fingerprint density at radius 1 is 1.13 bits per heavy atom. The summed E-state index contributed by atoms with van der Waals surface area (Å²) in [6, 6.07) is 4.93. The minimum absolute atomic E-state index is 0.0202. The molecule has 2 rings (SSSR count). The van der Waals surface area contributed by atoms with Crippen molar-refractivity contribution in [2.45, 2.75) is 64.8 Å². The van der Waals surface area contributed by atoms with Gasteiger partial charge < -0.3 is 15.0 Å². The van der Waals surface area contributed by atoms with E-state index in [0.29, 0.717) is 50.9 Å². The highest BCUT2D eigenvalue weighted by molar-refractivity contribution is 7.89. The van der Waals surface area contributed by atoms with E-state index in [1.54, 1.807) is 12.1 Å². The Kier molecular flexibility index (Phi) is 9.78. The second-order valence-corrected chi connectivity index (χ2v) is 10.5. The van der Waals surface area contributed by atoms with Crippen LogP contribution in [0.15, 0.2) is 23.1 Å². The predicted octanol–water partition coefficient (Wildman–Crippen LogP) is 3.50. The number of sulfonamides is 1. The summed E-state index contributed by atoms with van der Waals surface area (Å²) in [5, 5.41) is 3.08. The molecule has 31 heavy (non-hydrogen) atoms. The van der Waals surface area contributed by atoms with E-state index in [1.807, 2.05) is 20.8 Å². The van der Waals surface area contributed by atoms with Gasteiger partial charge in [0.25, 0.3) is 5.91 Å². The van der Waals surface area contributed by atoms with Crippen molar-refractivity contribution in [1.29, 1.82) is 0 Å². The lowest BCUT2D eigenvalue weighted by Crippen LogP contribution is -2.39. The van der Waals surface area contributed by atoms with Gasteiger partial charge in [-0.3, -0.25) is 4.79 Å². The predicted molar refractivity (Wildman–Crippen MR) is 125 cm³/mol. The van der Waals surface area contributed by atoms with Crippen LogP contribution in [0.3, 0.4) is 0 Å². The average Bonchev–Trinajstić information content (AvgIpc) is 2.74. The van der Waals surface area contributed by atoms with E-state index in [4.69, 9.17) is 4.74 Å². The number of nitrogens with one attached hydrogen (secondary N) is 1. The summed E-state index contributed by atoms with van der Waals surface area (Å²) in [5.41, 5.74) is 1.17. The van der Waals surface area contributed by atoms with Crippen molar-refractivity contribution in [2.75, 3.05) is 44.3 Å². The Hall–Kier alpha value is -1.64. The summed E-state index contributed by atoms with van der Waals surface area (Å²) in [6.07, 6.45) is 3.07. The number of morpholine rings is 1. The summed E-state index contributed by atoms with van der Waals surface area (Å²) in [7, 11) is -3.65. The Morgan fingerprint density at radius 2 is 1.77 bits per heavy atom. The van der Waals surface area contributed by atoms with Gasteiger partial charge in [0.1, 0.15) is 0 Å². The molecule has 0 bridgehead atoms. The zero-order valence-corrected chi connectivity index (χ0v) is 20.5. The van der Waals surface area contributed by atoms with E-state index < -0.39 is 10.0 Å². The SMILES string of the molecule is CCN(CC)S(=O)(=O)c1ccc(N2CCOCC2)c(C(=O)NC(C)CCCC(C)C)c1. The highest BCUT2D eigenvalue weighted by Crippen LogP contribution is 2.27. The monoisotopic (exact) mass is 453 g/mol.